The van der Waals surface area contributed by atoms with E-state index in [9.17, 15) is 10.2 Å². The molecule has 1 saturated carbocycles. The Labute approximate surface area is 111 Å². The first-order valence-electron chi connectivity index (χ1n) is 7.13. The van der Waals surface area contributed by atoms with Crippen LogP contribution >= 0.6 is 0 Å². The molecule has 3 heteroatoms. The van der Waals surface area contributed by atoms with Gasteiger partial charge in [0.25, 0.3) is 0 Å². The molecule has 1 saturated heterocycles. The summed E-state index contributed by atoms with van der Waals surface area (Å²) in [6.07, 6.45) is 1.73. The van der Waals surface area contributed by atoms with Crippen molar-refractivity contribution < 1.29 is 10.2 Å². The van der Waals surface area contributed by atoms with Crippen molar-refractivity contribution in [1.29, 1.82) is 0 Å². The van der Waals surface area contributed by atoms with Crippen molar-refractivity contribution in [2.45, 2.75) is 77.2 Å². The van der Waals surface area contributed by atoms with E-state index in [-0.39, 0.29) is 34.6 Å². The third kappa shape index (κ3) is 1.83. The van der Waals surface area contributed by atoms with E-state index >= 15 is 0 Å². The third-order valence-corrected chi connectivity index (χ3v) is 5.73. The van der Waals surface area contributed by atoms with E-state index in [1.54, 1.807) is 0 Å². The average Bonchev–Trinajstić information content (AvgIpc) is 2.39. The summed E-state index contributed by atoms with van der Waals surface area (Å²) >= 11 is 0. The fourth-order valence-corrected chi connectivity index (χ4v) is 4.65. The van der Waals surface area contributed by atoms with Gasteiger partial charge in [-0.15, -0.1) is 0 Å². The number of aliphatic hydroxyl groups is 2. The highest BCUT2D eigenvalue weighted by atomic mass is 16.3. The molecule has 1 aliphatic carbocycles. The fraction of sp³-hybridized carbons (Fsp3) is 1.00. The van der Waals surface area contributed by atoms with Crippen LogP contribution in [0.2, 0.25) is 0 Å². The number of hydrogen-bond acceptors (Lipinski definition) is 3. The summed E-state index contributed by atoms with van der Waals surface area (Å²) in [6, 6.07) is 0. The molecule has 1 spiro atoms. The van der Waals surface area contributed by atoms with Gasteiger partial charge in [0.15, 0.2) is 0 Å². The largest absolute Gasteiger partial charge is 0.392 e. The summed E-state index contributed by atoms with van der Waals surface area (Å²) in [4.78, 5) is 2.40. The molecule has 3 nitrogen and oxygen atoms in total. The summed E-state index contributed by atoms with van der Waals surface area (Å²) in [5.41, 5.74) is -0.305. The molecule has 2 rings (SSSR count). The van der Waals surface area contributed by atoms with Crippen molar-refractivity contribution in [3.05, 3.63) is 0 Å². The lowest BCUT2D eigenvalue weighted by Gasteiger charge is -2.59. The van der Waals surface area contributed by atoms with E-state index < -0.39 is 0 Å². The van der Waals surface area contributed by atoms with Crippen LogP contribution in [0.25, 0.3) is 0 Å². The van der Waals surface area contributed by atoms with Gasteiger partial charge in [-0.3, -0.25) is 4.90 Å². The normalized spacial score (nSPS) is 42.3. The van der Waals surface area contributed by atoms with Gasteiger partial charge in [0, 0.05) is 16.5 Å². The minimum Gasteiger partial charge on any atom is -0.392 e. The second kappa shape index (κ2) is 3.94. The van der Waals surface area contributed by atoms with Crippen LogP contribution in [0, 0.1) is 11.3 Å². The van der Waals surface area contributed by atoms with Crippen LogP contribution in [0.4, 0.5) is 0 Å². The van der Waals surface area contributed by atoms with Crippen molar-refractivity contribution in [3.8, 4) is 0 Å². The van der Waals surface area contributed by atoms with Crippen LogP contribution in [0.3, 0.4) is 0 Å². The van der Waals surface area contributed by atoms with Crippen LogP contribution in [-0.4, -0.2) is 45.4 Å². The third-order valence-electron chi connectivity index (χ3n) is 5.73. The van der Waals surface area contributed by atoms with E-state index in [4.69, 9.17) is 0 Å². The van der Waals surface area contributed by atoms with Crippen molar-refractivity contribution in [2.24, 2.45) is 11.3 Å². The second-order valence-corrected chi connectivity index (χ2v) is 7.94. The molecular formula is C15H29NO2. The van der Waals surface area contributed by atoms with Gasteiger partial charge in [0.2, 0.25) is 0 Å². The minimum atomic E-state index is -0.375. The van der Waals surface area contributed by atoms with E-state index in [1.165, 1.54) is 0 Å². The Balaban J connectivity index is 2.41. The minimum absolute atomic E-state index is 0.00771. The van der Waals surface area contributed by atoms with Crippen LogP contribution in [0.1, 0.15) is 53.9 Å². The molecule has 0 bridgehead atoms. The van der Waals surface area contributed by atoms with Crippen LogP contribution in [0.15, 0.2) is 0 Å². The highest BCUT2D eigenvalue weighted by Crippen LogP contribution is 2.56. The predicted molar refractivity (Wildman–Crippen MR) is 73.4 cm³/mol. The standard InChI is InChI=1S/C15H29NO2/c1-10-7-11(17)15(12(10)18)8-13(2,3)16(6)14(4,5)9-15/h10-12,17-18H,7-9H2,1-6H3. The summed E-state index contributed by atoms with van der Waals surface area (Å²) in [5.74, 6) is 0.204. The highest BCUT2D eigenvalue weighted by molar-refractivity contribution is 5.13. The molecule has 0 aromatic carbocycles. The maximum atomic E-state index is 10.6. The quantitative estimate of drug-likeness (QED) is 0.696. The molecule has 0 radical (unpaired) electrons. The van der Waals surface area contributed by atoms with Crippen LogP contribution < -0.4 is 0 Å². The number of aliphatic hydroxyl groups excluding tert-OH is 2. The number of rotatable bonds is 0. The fourth-order valence-electron chi connectivity index (χ4n) is 4.65. The van der Waals surface area contributed by atoms with Crippen molar-refractivity contribution in [3.63, 3.8) is 0 Å². The zero-order valence-electron chi connectivity index (χ0n) is 12.7. The van der Waals surface area contributed by atoms with Gasteiger partial charge < -0.3 is 10.2 Å². The molecule has 18 heavy (non-hydrogen) atoms. The Morgan fingerprint density at radius 1 is 1.00 bits per heavy atom. The molecule has 3 atom stereocenters. The number of likely N-dealkylation sites (tertiary alicyclic amines) is 1. The Morgan fingerprint density at radius 2 is 1.44 bits per heavy atom. The Kier molecular flexibility index (Phi) is 3.13. The molecule has 1 aliphatic heterocycles. The van der Waals surface area contributed by atoms with E-state index in [2.05, 4.69) is 46.6 Å². The van der Waals surface area contributed by atoms with Crippen molar-refractivity contribution in [1.82, 2.24) is 4.90 Å². The van der Waals surface area contributed by atoms with E-state index in [1.807, 2.05) is 0 Å². The van der Waals surface area contributed by atoms with Gasteiger partial charge in [-0.2, -0.15) is 0 Å². The summed E-state index contributed by atoms with van der Waals surface area (Å²) < 4.78 is 0. The molecule has 2 N–H and O–H groups in total. The van der Waals surface area contributed by atoms with Gasteiger partial charge >= 0.3 is 0 Å². The Bertz CT molecular complexity index is 319. The summed E-state index contributed by atoms with van der Waals surface area (Å²) in [7, 11) is 2.16. The molecular weight excluding hydrogens is 226 g/mol. The molecule has 2 fully saturated rings. The van der Waals surface area contributed by atoms with Gasteiger partial charge in [-0.05, 0) is 59.9 Å². The molecule has 1 heterocycles. The van der Waals surface area contributed by atoms with Gasteiger partial charge in [0.05, 0.1) is 12.2 Å². The Morgan fingerprint density at radius 3 is 1.78 bits per heavy atom. The second-order valence-electron chi connectivity index (χ2n) is 7.94. The lowest BCUT2D eigenvalue weighted by molar-refractivity contribution is -0.146. The smallest absolute Gasteiger partial charge is 0.0649 e. The maximum absolute atomic E-state index is 10.6. The van der Waals surface area contributed by atoms with E-state index in [0.29, 0.717) is 0 Å². The molecule has 0 aromatic heterocycles. The van der Waals surface area contributed by atoms with Gasteiger partial charge in [-0.25, -0.2) is 0 Å². The van der Waals surface area contributed by atoms with Crippen molar-refractivity contribution in [2.75, 3.05) is 7.05 Å². The highest BCUT2D eigenvalue weighted by Gasteiger charge is 2.60. The first-order chi connectivity index (χ1) is 8.03. The lowest BCUT2D eigenvalue weighted by atomic mass is 9.61. The zero-order chi connectivity index (χ0) is 13.9. The lowest BCUT2D eigenvalue weighted by Crippen LogP contribution is -2.65. The topological polar surface area (TPSA) is 43.7 Å². The molecule has 0 amide bonds. The Hall–Kier alpha value is -0.120. The van der Waals surface area contributed by atoms with Gasteiger partial charge in [0.1, 0.15) is 0 Å². The first-order valence-corrected chi connectivity index (χ1v) is 7.13. The van der Waals surface area contributed by atoms with E-state index in [0.717, 1.165) is 19.3 Å². The van der Waals surface area contributed by atoms with Crippen LogP contribution in [0.5, 0.6) is 0 Å². The van der Waals surface area contributed by atoms with Crippen molar-refractivity contribution >= 4 is 0 Å². The molecule has 0 aromatic rings. The number of piperidine rings is 1. The summed E-state index contributed by atoms with van der Waals surface area (Å²) in [5, 5.41) is 21.1. The maximum Gasteiger partial charge on any atom is 0.0649 e. The monoisotopic (exact) mass is 255 g/mol. The molecule has 106 valence electrons. The van der Waals surface area contributed by atoms with Crippen LogP contribution in [-0.2, 0) is 0 Å². The number of hydrogen-bond donors (Lipinski definition) is 2. The zero-order valence-corrected chi connectivity index (χ0v) is 12.7. The molecule has 3 unspecified atom stereocenters. The molecule has 2 aliphatic rings. The SMILES string of the molecule is CC1CC(O)C2(CC(C)(C)N(C)C(C)(C)C2)C1O. The number of nitrogens with zero attached hydrogens (tertiary/aromatic N) is 1. The summed E-state index contributed by atoms with van der Waals surface area (Å²) in [6.45, 7) is 10.9. The van der Waals surface area contributed by atoms with Gasteiger partial charge in [-0.1, -0.05) is 6.92 Å². The predicted octanol–water partition coefficient (Wildman–Crippen LogP) is 2.02. The first kappa shape index (κ1) is 14.3. The average molecular weight is 255 g/mol.